The first-order chi connectivity index (χ1) is 11.7. The molecule has 124 valence electrons. The fourth-order valence-electron chi connectivity index (χ4n) is 2.89. The van der Waals surface area contributed by atoms with Crippen molar-refractivity contribution >= 4 is 22.7 Å². The van der Waals surface area contributed by atoms with E-state index in [-0.39, 0.29) is 18.3 Å². The summed E-state index contributed by atoms with van der Waals surface area (Å²) < 4.78 is 21.9. The van der Waals surface area contributed by atoms with Crippen LogP contribution in [0, 0.1) is 5.82 Å². The lowest BCUT2D eigenvalue weighted by Gasteiger charge is -2.29. The lowest BCUT2D eigenvalue weighted by atomic mass is 10.1. The Balaban J connectivity index is 1.67. The van der Waals surface area contributed by atoms with E-state index in [4.69, 9.17) is 10.5 Å². The minimum atomic E-state index is -0.231. The molecule has 1 fully saturated rings. The zero-order chi connectivity index (χ0) is 16.5. The topological polar surface area (TPSA) is 82.1 Å². The van der Waals surface area contributed by atoms with Gasteiger partial charge in [-0.1, -0.05) is 12.1 Å². The van der Waals surface area contributed by atoms with Crippen LogP contribution in [0.1, 0.15) is 5.56 Å². The van der Waals surface area contributed by atoms with Gasteiger partial charge < -0.3 is 15.4 Å². The van der Waals surface area contributed by atoms with E-state index < -0.39 is 0 Å². The second-order valence-electron chi connectivity index (χ2n) is 5.66. The van der Waals surface area contributed by atoms with E-state index in [1.807, 2.05) is 11.0 Å². The first kappa shape index (κ1) is 14.8. The van der Waals surface area contributed by atoms with Crippen molar-refractivity contribution in [1.82, 2.24) is 19.7 Å². The Bertz CT molecular complexity index is 874. The second-order valence-corrected chi connectivity index (χ2v) is 5.66. The van der Waals surface area contributed by atoms with Gasteiger partial charge in [0.05, 0.1) is 37.0 Å². The Kier molecular flexibility index (Phi) is 3.73. The van der Waals surface area contributed by atoms with Crippen LogP contribution in [-0.2, 0) is 11.3 Å². The first-order valence-electron chi connectivity index (χ1n) is 7.76. The van der Waals surface area contributed by atoms with Crippen LogP contribution < -0.4 is 10.6 Å². The summed E-state index contributed by atoms with van der Waals surface area (Å²) in [6.45, 7) is 2.89. The second kappa shape index (κ2) is 6.04. The molecule has 0 aliphatic carbocycles. The van der Waals surface area contributed by atoms with Crippen LogP contribution in [0.4, 0.5) is 16.0 Å². The van der Waals surface area contributed by atoms with Crippen molar-refractivity contribution in [3.05, 3.63) is 42.0 Å². The lowest BCUT2D eigenvalue weighted by Crippen LogP contribution is -2.36. The molecule has 1 saturated heterocycles. The van der Waals surface area contributed by atoms with Crippen LogP contribution in [0.2, 0.25) is 0 Å². The standard InChI is InChI=1S/C16H17FN6O/c17-14-11(2-1-3-13(14)22-4-6-24-7-5-22)10-23-15-12(9-20-23)8-19-16(18)21-15/h1-3,8-9H,4-7,10H2,(H2,18,19,21). The van der Waals surface area contributed by atoms with Gasteiger partial charge in [0.25, 0.3) is 0 Å². The monoisotopic (exact) mass is 328 g/mol. The molecule has 2 aromatic heterocycles. The number of hydrogen-bond donors (Lipinski definition) is 1. The smallest absolute Gasteiger partial charge is 0.222 e. The molecule has 0 saturated carbocycles. The number of morpholine rings is 1. The molecule has 2 N–H and O–H groups in total. The normalized spacial score (nSPS) is 15.1. The van der Waals surface area contributed by atoms with Crippen molar-refractivity contribution in [1.29, 1.82) is 0 Å². The Morgan fingerprint density at radius 2 is 2.04 bits per heavy atom. The summed E-state index contributed by atoms with van der Waals surface area (Å²) in [7, 11) is 0. The van der Waals surface area contributed by atoms with E-state index in [1.165, 1.54) is 0 Å². The van der Waals surface area contributed by atoms with E-state index in [0.29, 0.717) is 43.2 Å². The van der Waals surface area contributed by atoms with Crippen LogP contribution in [-0.4, -0.2) is 46.1 Å². The highest BCUT2D eigenvalue weighted by Gasteiger charge is 2.18. The van der Waals surface area contributed by atoms with Crippen molar-refractivity contribution in [3.8, 4) is 0 Å². The molecule has 1 aromatic carbocycles. The van der Waals surface area contributed by atoms with E-state index in [0.717, 1.165) is 5.39 Å². The van der Waals surface area contributed by atoms with Gasteiger partial charge in [0.15, 0.2) is 11.5 Å². The summed E-state index contributed by atoms with van der Waals surface area (Å²) in [4.78, 5) is 10.1. The molecular formula is C16H17FN6O. The van der Waals surface area contributed by atoms with Crippen LogP contribution in [0.25, 0.3) is 11.0 Å². The molecule has 0 spiro atoms. The fourth-order valence-corrected chi connectivity index (χ4v) is 2.89. The lowest BCUT2D eigenvalue weighted by molar-refractivity contribution is 0.122. The number of aromatic nitrogens is 4. The van der Waals surface area contributed by atoms with Crippen LogP contribution in [0.3, 0.4) is 0 Å². The Morgan fingerprint density at radius 3 is 2.88 bits per heavy atom. The van der Waals surface area contributed by atoms with E-state index in [2.05, 4.69) is 15.1 Å². The van der Waals surface area contributed by atoms with Crippen molar-refractivity contribution in [2.45, 2.75) is 6.54 Å². The van der Waals surface area contributed by atoms with E-state index in [9.17, 15) is 4.39 Å². The molecule has 0 amide bonds. The zero-order valence-electron chi connectivity index (χ0n) is 13.0. The van der Waals surface area contributed by atoms with Gasteiger partial charge in [-0.25, -0.2) is 14.1 Å². The van der Waals surface area contributed by atoms with Gasteiger partial charge in [-0.05, 0) is 6.07 Å². The summed E-state index contributed by atoms with van der Waals surface area (Å²) in [6.07, 6.45) is 3.26. The van der Waals surface area contributed by atoms with Gasteiger partial charge in [0.1, 0.15) is 0 Å². The number of anilines is 2. The Morgan fingerprint density at radius 1 is 1.21 bits per heavy atom. The summed E-state index contributed by atoms with van der Waals surface area (Å²) in [5, 5.41) is 5.05. The minimum absolute atomic E-state index is 0.173. The van der Waals surface area contributed by atoms with Crippen molar-refractivity contribution in [2.24, 2.45) is 0 Å². The van der Waals surface area contributed by atoms with Gasteiger partial charge in [0.2, 0.25) is 5.95 Å². The third-order valence-corrected chi connectivity index (χ3v) is 4.13. The SMILES string of the molecule is Nc1ncc2cnn(Cc3cccc(N4CCOCC4)c3F)c2n1. The third kappa shape index (κ3) is 2.65. The van der Waals surface area contributed by atoms with Crippen LogP contribution in [0.5, 0.6) is 0 Å². The zero-order valence-corrected chi connectivity index (χ0v) is 13.0. The van der Waals surface area contributed by atoms with Crippen molar-refractivity contribution < 1.29 is 9.13 Å². The van der Waals surface area contributed by atoms with E-state index in [1.54, 1.807) is 29.2 Å². The highest BCUT2D eigenvalue weighted by atomic mass is 19.1. The molecule has 0 unspecified atom stereocenters. The number of rotatable bonds is 3. The number of nitrogens with zero attached hydrogens (tertiary/aromatic N) is 5. The number of ether oxygens (including phenoxy) is 1. The van der Waals surface area contributed by atoms with Gasteiger partial charge in [-0.3, -0.25) is 0 Å². The average Bonchev–Trinajstić information content (AvgIpc) is 3.00. The Hall–Kier alpha value is -2.74. The number of nitrogen functional groups attached to an aromatic ring is 1. The molecule has 0 radical (unpaired) electrons. The maximum absolute atomic E-state index is 14.9. The van der Waals surface area contributed by atoms with Gasteiger partial charge in [0, 0.05) is 24.8 Å². The molecule has 1 aliphatic rings. The minimum Gasteiger partial charge on any atom is -0.378 e. The highest BCUT2D eigenvalue weighted by Crippen LogP contribution is 2.24. The molecule has 8 heteroatoms. The summed E-state index contributed by atoms with van der Waals surface area (Å²) in [6, 6.07) is 5.42. The van der Waals surface area contributed by atoms with Gasteiger partial charge >= 0.3 is 0 Å². The van der Waals surface area contributed by atoms with Gasteiger partial charge in [-0.2, -0.15) is 10.1 Å². The number of benzene rings is 1. The van der Waals surface area contributed by atoms with Crippen LogP contribution >= 0.6 is 0 Å². The number of nitrogens with two attached hydrogens (primary N) is 1. The highest BCUT2D eigenvalue weighted by molar-refractivity contribution is 5.74. The largest absolute Gasteiger partial charge is 0.378 e. The molecule has 4 rings (SSSR count). The summed E-state index contributed by atoms with van der Waals surface area (Å²) >= 11 is 0. The predicted molar refractivity (Wildman–Crippen MR) is 88.3 cm³/mol. The number of halogens is 1. The average molecular weight is 328 g/mol. The van der Waals surface area contributed by atoms with Crippen LogP contribution in [0.15, 0.2) is 30.6 Å². The maximum atomic E-state index is 14.9. The first-order valence-corrected chi connectivity index (χ1v) is 7.76. The maximum Gasteiger partial charge on any atom is 0.222 e. The van der Waals surface area contributed by atoms with E-state index >= 15 is 0 Å². The molecule has 0 bridgehead atoms. The van der Waals surface area contributed by atoms with Crippen molar-refractivity contribution in [2.75, 3.05) is 36.9 Å². The van der Waals surface area contributed by atoms with Gasteiger partial charge in [-0.15, -0.1) is 0 Å². The molecule has 24 heavy (non-hydrogen) atoms. The third-order valence-electron chi connectivity index (χ3n) is 4.13. The number of fused-ring (bicyclic) bond motifs is 1. The predicted octanol–water partition coefficient (Wildman–Crippen LogP) is 1.43. The molecular weight excluding hydrogens is 311 g/mol. The summed E-state index contributed by atoms with van der Waals surface area (Å²) in [5.41, 5.74) is 7.39. The Labute approximate surface area is 137 Å². The summed E-state index contributed by atoms with van der Waals surface area (Å²) in [5.74, 6) is -0.0585. The van der Waals surface area contributed by atoms with Crippen molar-refractivity contribution in [3.63, 3.8) is 0 Å². The fraction of sp³-hybridized carbons (Fsp3) is 0.312. The molecule has 3 aromatic rings. The molecule has 7 nitrogen and oxygen atoms in total. The number of hydrogen-bond acceptors (Lipinski definition) is 6. The quantitative estimate of drug-likeness (QED) is 0.783. The molecule has 0 atom stereocenters. The molecule has 1 aliphatic heterocycles. The molecule has 3 heterocycles.